The topological polar surface area (TPSA) is 53.4 Å². The van der Waals surface area contributed by atoms with E-state index in [0.717, 1.165) is 31.1 Å². The third kappa shape index (κ3) is 3.43. The van der Waals surface area contributed by atoms with Crippen LogP contribution in [-0.4, -0.2) is 45.1 Å². The Morgan fingerprint density at radius 3 is 3.18 bits per heavy atom. The first-order chi connectivity index (χ1) is 8.19. The highest BCUT2D eigenvalue weighted by Gasteiger charge is 2.20. The van der Waals surface area contributed by atoms with Gasteiger partial charge in [0.1, 0.15) is 0 Å². The zero-order valence-corrected chi connectivity index (χ0v) is 11.4. The maximum absolute atomic E-state index is 10.7. The van der Waals surface area contributed by atoms with Crippen molar-refractivity contribution in [3.05, 3.63) is 16.1 Å². The Kier molecular flexibility index (Phi) is 4.42. The highest BCUT2D eigenvalue weighted by Crippen LogP contribution is 2.22. The van der Waals surface area contributed by atoms with Crippen LogP contribution in [0.2, 0.25) is 0 Å². The Labute approximate surface area is 109 Å². The first kappa shape index (κ1) is 12.9. The fourth-order valence-electron chi connectivity index (χ4n) is 1.88. The zero-order valence-electron chi connectivity index (χ0n) is 9.76. The molecule has 0 amide bonds. The van der Waals surface area contributed by atoms with E-state index in [1.165, 1.54) is 17.8 Å². The molecule has 2 heterocycles. The van der Waals surface area contributed by atoms with E-state index in [0.29, 0.717) is 5.25 Å². The molecule has 6 heteroatoms. The van der Waals surface area contributed by atoms with Gasteiger partial charge in [-0.3, -0.25) is 4.90 Å². The van der Waals surface area contributed by atoms with E-state index < -0.39 is 5.97 Å². The van der Waals surface area contributed by atoms with E-state index in [9.17, 15) is 4.79 Å². The number of hydrogen-bond donors (Lipinski definition) is 1. The molecule has 1 fully saturated rings. The molecule has 0 radical (unpaired) electrons. The van der Waals surface area contributed by atoms with Crippen LogP contribution < -0.4 is 0 Å². The van der Waals surface area contributed by atoms with Crippen molar-refractivity contribution >= 4 is 29.1 Å². The average molecular weight is 272 g/mol. The van der Waals surface area contributed by atoms with Gasteiger partial charge in [-0.2, -0.15) is 11.8 Å². The third-order valence-electron chi connectivity index (χ3n) is 2.80. The van der Waals surface area contributed by atoms with Gasteiger partial charge in [-0.05, 0) is 6.42 Å². The van der Waals surface area contributed by atoms with Crippen LogP contribution >= 0.6 is 23.1 Å². The van der Waals surface area contributed by atoms with Gasteiger partial charge in [0, 0.05) is 36.0 Å². The van der Waals surface area contributed by atoms with Gasteiger partial charge < -0.3 is 5.11 Å². The second-order valence-electron chi connectivity index (χ2n) is 4.09. The smallest absolute Gasteiger partial charge is 0.365 e. The maximum Gasteiger partial charge on any atom is 0.365 e. The molecule has 1 N–H and O–H groups in total. The predicted molar refractivity (Wildman–Crippen MR) is 70.9 cm³/mol. The Hall–Kier alpha value is -0.590. The molecule has 1 aliphatic heterocycles. The fraction of sp³-hybridized carbons (Fsp3) is 0.636. The summed E-state index contributed by atoms with van der Waals surface area (Å²) in [7, 11) is 0. The lowest BCUT2D eigenvalue weighted by atomic mass is 10.3. The number of nitrogens with zero attached hydrogens (tertiary/aromatic N) is 2. The minimum atomic E-state index is -0.929. The van der Waals surface area contributed by atoms with Crippen molar-refractivity contribution in [2.75, 3.05) is 18.8 Å². The van der Waals surface area contributed by atoms with Crippen molar-refractivity contribution in [3.63, 3.8) is 0 Å². The summed E-state index contributed by atoms with van der Waals surface area (Å²) in [4.78, 5) is 17.2. The molecule has 1 atom stereocenters. The van der Waals surface area contributed by atoms with Gasteiger partial charge in [0.15, 0.2) is 0 Å². The molecular formula is C11H16N2O2S2. The Morgan fingerprint density at radius 2 is 2.53 bits per heavy atom. The molecule has 1 unspecified atom stereocenters. The minimum Gasteiger partial charge on any atom is -0.476 e. The normalized spacial score (nSPS) is 21.6. The molecule has 4 nitrogen and oxygen atoms in total. The molecule has 0 aromatic carbocycles. The van der Waals surface area contributed by atoms with Crippen LogP contribution in [0, 0.1) is 0 Å². The summed E-state index contributed by atoms with van der Waals surface area (Å²) in [5.74, 6) is 0.232. The zero-order chi connectivity index (χ0) is 12.3. The van der Waals surface area contributed by atoms with Gasteiger partial charge in [-0.15, -0.1) is 11.3 Å². The molecule has 1 aromatic rings. The van der Waals surface area contributed by atoms with Crippen LogP contribution in [0.15, 0.2) is 5.38 Å². The SMILES string of the molecule is CCC1CN(Cc2csc(C(=O)O)n2)CCS1. The largest absolute Gasteiger partial charge is 0.476 e. The average Bonchev–Trinajstić information content (AvgIpc) is 2.78. The molecule has 17 heavy (non-hydrogen) atoms. The summed E-state index contributed by atoms with van der Waals surface area (Å²) in [5, 5.41) is 11.6. The Bertz CT molecular complexity index is 395. The number of carboxylic acid groups (broad SMARTS) is 1. The number of aromatic carboxylic acids is 1. The van der Waals surface area contributed by atoms with Gasteiger partial charge in [0.25, 0.3) is 0 Å². The molecule has 1 aromatic heterocycles. The van der Waals surface area contributed by atoms with Gasteiger partial charge in [0.05, 0.1) is 5.69 Å². The standard InChI is InChI=1S/C11H16N2O2S2/c1-2-9-6-13(3-4-16-9)5-8-7-17-10(12-8)11(14)15/h7,9H,2-6H2,1H3,(H,14,15). The predicted octanol–water partition coefficient (Wildman–Crippen LogP) is 2.17. The van der Waals surface area contributed by atoms with Crippen LogP contribution in [0.1, 0.15) is 28.8 Å². The number of thiazole rings is 1. The van der Waals surface area contributed by atoms with E-state index in [1.54, 1.807) is 0 Å². The van der Waals surface area contributed by atoms with Gasteiger partial charge in [-0.1, -0.05) is 6.92 Å². The summed E-state index contributed by atoms with van der Waals surface area (Å²) in [6.45, 7) is 5.15. The molecule has 1 aliphatic rings. The molecule has 0 saturated carbocycles. The quantitative estimate of drug-likeness (QED) is 0.910. The van der Waals surface area contributed by atoms with Crippen molar-refractivity contribution in [2.45, 2.75) is 25.1 Å². The summed E-state index contributed by atoms with van der Waals surface area (Å²) in [5.41, 5.74) is 0.883. The first-order valence-electron chi connectivity index (χ1n) is 5.70. The van der Waals surface area contributed by atoms with E-state index in [-0.39, 0.29) is 5.01 Å². The van der Waals surface area contributed by atoms with Crippen LogP contribution in [0.4, 0.5) is 0 Å². The highest BCUT2D eigenvalue weighted by molar-refractivity contribution is 8.00. The van der Waals surface area contributed by atoms with Gasteiger partial charge in [-0.25, -0.2) is 9.78 Å². The monoisotopic (exact) mass is 272 g/mol. The lowest BCUT2D eigenvalue weighted by Gasteiger charge is -2.31. The third-order valence-corrected chi connectivity index (χ3v) is 5.05. The van der Waals surface area contributed by atoms with E-state index in [2.05, 4.69) is 16.8 Å². The highest BCUT2D eigenvalue weighted by atomic mass is 32.2. The lowest BCUT2D eigenvalue weighted by Crippen LogP contribution is -2.37. The van der Waals surface area contributed by atoms with Crippen molar-refractivity contribution in [1.82, 2.24) is 9.88 Å². The molecule has 2 rings (SSSR count). The molecular weight excluding hydrogens is 256 g/mol. The minimum absolute atomic E-state index is 0.193. The number of hydrogen-bond acceptors (Lipinski definition) is 5. The summed E-state index contributed by atoms with van der Waals surface area (Å²) in [6, 6.07) is 0. The Morgan fingerprint density at radius 1 is 1.71 bits per heavy atom. The van der Waals surface area contributed by atoms with Crippen molar-refractivity contribution < 1.29 is 9.90 Å². The molecule has 0 bridgehead atoms. The van der Waals surface area contributed by atoms with Crippen molar-refractivity contribution in [3.8, 4) is 0 Å². The summed E-state index contributed by atoms with van der Waals surface area (Å²) >= 11 is 3.24. The summed E-state index contributed by atoms with van der Waals surface area (Å²) in [6.07, 6.45) is 1.19. The van der Waals surface area contributed by atoms with Crippen LogP contribution in [0.5, 0.6) is 0 Å². The van der Waals surface area contributed by atoms with Crippen molar-refractivity contribution in [1.29, 1.82) is 0 Å². The summed E-state index contributed by atoms with van der Waals surface area (Å²) < 4.78 is 0. The fourth-order valence-corrected chi connectivity index (χ4v) is 3.77. The maximum atomic E-state index is 10.7. The number of aromatic nitrogens is 1. The van der Waals surface area contributed by atoms with Gasteiger partial charge >= 0.3 is 5.97 Å². The number of thioether (sulfide) groups is 1. The Balaban J connectivity index is 1.93. The number of carbonyl (C=O) groups is 1. The molecule has 1 saturated heterocycles. The number of carboxylic acids is 1. The number of rotatable bonds is 4. The van der Waals surface area contributed by atoms with E-state index in [4.69, 9.17) is 5.11 Å². The molecule has 94 valence electrons. The van der Waals surface area contributed by atoms with Crippen LogP contribution in [0.25, 0.3) is 0 Å². The van der Waals surface area contributed by atoms with Crippen LogP contribution in [0.3, 0.4) is 0 Å². The molecule has 0 spiro atoms. The van der Waals surface area contributed by atoms with Gasteiger partial charge in [0.2, 0.25) is 5.01 Å². The van der Waals surface area contributed by atoms with Crippen molar-refractivity contribution in [2.24, 2.45) is 0 Å². The molecule has 0 aliphatic carbocycles. The lowest BCUT2D eigenvalue weighted by molar-refractivity contribution is 0.0696. The second-order valence-corrected chi connectivity index (χ2v) is 6.35. The van der Waals surface area contributed by atoms with E-state index in [1.807, 2.05) is 17.1 Å². The van der Waals surface area contributed by atoms with E-state index >= 15 is 0 Å². The second kappa shape index (κ2) is 5.84. The van der Waals surface area contributed by atoms with Crippen LogP contribution in [-0.2, 0) is 6.54 Å². The first-order valence-corrected chi connectivity index (χ1v) is 7.63.